The van der Waals surface area contributed by atoms with Gasteiger partial charge in [-0.1, -0.05) is 54.1 Å². The molecule has 2 aliphatic rings. The first-order valence-corrected chi connectivity index (χ1v) is 11.2. The fourth-order valence-electron chi connectivity index (χ4n) is 4.48. The van der Waals surface area contributed by atoms with Gasteiger partial charge in [0, 0.05) is 44.3 Å². The molecule has 6 nitrogen and oxygen atoms in total. The smallest absolute Gasteiger partial charge is 0.278 e. The molecule has 0 radical (unpaired) electrons. The van der Waals surface area contributed by atoms with Gasteiger partial charge in [0.1, 0.15) is 5.70 Å². The summed E-state index contributed by atoms with van der Waals surface area (Å²) in [5.41, 5.74) is 4.92. The van der Waals surface area contributed by atoms with Crippen LogP contribution in [-0.4, -0.2) is 52.8 Å². The van der Waals surface area contributed by atoms with Gasteiger partial charge in [0.25, 0.3) is 11.8 Å². The molecule has 1 fully saturated rings. The third-order valence-corrected chi connectivity index (χ3v) is 6.26. The van der Waals surface area contributed by atoms with Crippen molar-refractivity contribution in [3.05, 3.63) is 102 Å². The summed E-state index contributed by atoms with van der Waals surface area (Å²) in [5.74, 6) is -0.471. The second-order valence-electron chi connectivity index (χ2n) is 8.46. The van der Waals surface area contributed by atoms with Crippen molar-refractivity contribution in [3.8, 4) is 0 Å². The van der Waals surface area contributed by atoms with E-state index < -0.39 is 0 Å². The molecule has 3 heterocycles. The molecule has 5 rings (SSSR count). The second kappa shape index (κ2) is 8.90. The largest absolute Gasteiger partial charge is 0.368 e. The van der Waals surface area contributed by atoms with Gasteiger partial charge in [-0.15, -0.1) is 0 Å². The lowest BCUT2D eigenvalue weighted by Gasteiger charge is -2.37. The number of nitrogens with zero attached hydrogens (tertiary/aromatic N) is 4. The SMILES string of the molecule is Cc1ccc(C2=C(N3CCN(c4ccccc4)CC3)C(=O)N(Cc3cccnc3)C2=O)cc1. The van der Waals surface area contributed by atoms with Gasteiger partial charge in [-0.3, -0.25) is 19.5 Å². The van der Waals surface area contributed by atoms with Gasteiger partial charge in [0.05, 0.1) is 12.1 Å². The number of carbonyl (C=O) groups is 2. The first kappa shape index (κ1) is 20.9. The predicted molar refractivity (Wildman–Crippen MR) is 128 cm³/mol. The number of carbonyl (C=O) groups excluding carboxylic acids is 2. The highest BCUT2D eigenvalue weighted by Gasteiger charge is 2.42. The zero-order valence-electron chi connectivity index (χ0n) is 18.6. The molecule has 2 aliphatic heterocycles. The lowest BCUT2D eigenvalue weighted by molar-refractivity contribution is -0.138. The Kier molecular flexibility index (Phi) is 5.65. The van der Waals surface area contributed by atoms with E-state index >= 15 is 0 Å². The van der Waals surface area contributed by atoms with Crippen molar-refractivity contribution < 1.29 is 9.59 Å². The average Bonchev–Trinajstić information content (AvgIpc) is 3.11. The molecule has 0 bridgehead atoms. The summed E-state index contributed by atoms with van der Waals surface area (Å²) in [6, 6.07) is 21.8. The van der Waals surface area contributed by atoms with Crippen LogP contribution in [0.3, 0.4) is 0 Å². The van der Waals surface area contributed by atoms with Gasteiger partial charge >= 0.3 is 0 Å². The number of pyridine rings is 1. The minimum Gasteiger partial charge on any atom is -0.368 e. The lowest BCUT2D eigenvalue weighted by atomic mass is 10.0. The van der Waals surface area contributed by atoms with E-state index in [0.717, 1.165) is 29.8 Å². The minimum absolute atomic E-state index is 0.217. The van der Waals surface area contributed by atoms with E-state index in [2.05, 4.69) is 26.9 Å². The molecule has 1 saturated heterocycles. The summed E-state index contributed by atoms with van der Waals surface area (Å²) in [5, 5.41) is 0. The van der Waals surface area contributed by atoms with Crippen molar-refractivity contribution >= 4 is 23.1 Å². The topological polar surface area (TPSA) is 56.8 Å². The van der Waals surface area contributed by atoms with Crippen LogP contribution in [0.1, 0.15) is 16.7 Å². The van der Waals surface area contributed by atoms with Crippen molar-refractivity contribution in [2.24, 2.45) is 0 Å². The van der Waals surface area contributed by atoms with Gasteiger partial charge in [-0.2, -0.15) is 0 Å². The van der Waals surface area contributed by atoms with Crippen molar-refractivity contribution in [3.63, 3.8) is 0 Å². The maximum atomic E-state index is 13.6. The van der Waals surface area contributed by atoms with E-state index in [-0.39, 0.29) is 18.4 Å². The molecule has 2 aromatic carbocycles. The molecule has 166 valence electrons. The summed E-state index contributed by atoms with van der Waals surface area (Å²) in [7, 11) is 0. The van der Waals surface area contributed by atoms with Crippen molar-refractivity contribution in [1.82, 2.24) is 14.8 Å². The number of para-hydroxylation sites is 1. The van der Waals surface area contributed by atoms with Crippen molar-refractivity contribution in [2.75, 3.05) is 31.1 Å². The number of aromatic nitrogens is 1. The number of hydrogen-bond acceptors (Lipinski definition) is 5. The zero-order valence-corrected chi connectivity index (χ0v) is 18.6. The Balaban J connectivity index is 1.45. The number of piperazine rings is 1. The van der Waals surface area contributed by atoms with Crippen LogP contribution in [0, 0.1) is 6.92 Å². The highest BCUT2D eigenvalue weighted by Crippen LogP contribution is 2.33. The molecule has 0 aliphatic carbocycles. The standard InChI is InChI=1S/C27H26N4O2/c1-20-9-11-22(12-10-20)24-25(27(33)31(26(24)32)19-21-6-5-13-28-18-21)30-16-14-29(15-17-30)23-7-3-2-4-8-23/h2-13,18H,14-17,19H2,1H3. The van der Waals surface area contributed by atoms with Crippen LogP contribution < -0.4 is 4.90 Å². The molecule has 0 atom stereocenters. The van der Waals surface area contributed by atoms with Crippen molar-refractivity contribution in [1.29, 1.82) is 0 Å². The molecule has 0 unspecified atom stereocenters. The van der Waals surface area contributed by atoms with Gasteiger partial charge in [-0.25, -0.2) is 0 Å². The molecule has 33 heavy (non-hydrogen) atoms. The third kappa shape index (κ3) is 4.12. The maximum absolute atomic E-state index is 13.6. The van der Waals surface area contributed by atoms with Crippen LogP contribution in [0.25, 0.3) is 5.57 Å². The molecular weight excluding hydrogens is 412 g/mol. The minimum atomic E-state index is -0.242. The van der Waals surface area contributed by atoms with E-state index in [1.54, 1.807) is 12.4 Å². The molecule has 0 saturated carbocycles. The number of benzene rings is 2. The predicted octanol–water partition coefficient (Wildman–Crippen LogP) is 3.49. The number of hydrogen-bond donors (Lipinski definition) is 0. The lowest BCUT2D eigenvalue weighted by Crippen LogP contribution is -2.47. The Bertz CT molecular complexity index is 1180. The quantitative estimate of drug-likeness (QED) is 0.571. The van der Waals surface area contributed by atoms with E-state index in [0.29, 0.717) is 24.4 Å². The van der Waals surface area contributed by atoms with Crippen LogP contribution in [0.4, 0.5) is 5.69 Å². The Morgan fingerprint density at radius 1 is 0.788 bits per heavy atom. The summed E-state index contributed by atoms with van der Waals surface area (Å²) in [6.45, 7) is 5.17. The van der Waals surface area contributed by atoms with E-state index in [1.807, 2.05) is 61.5 Å². The van der Waals surface area contributed by atoms with Gasteiger partial charge < -0.3 is 9.80 Å². The fourth-order valence-corrected chi connectivity index (χ4v) is 4.48. The highest BCUT2D eigenvalue weighted by atomic mass is 16.2. The zero-order chi connectivity index (χ0) is 22.8. The summed E-state index contributed by atoms with van der Waals surface area (Å²) >= 11 is 0. The Hall–Kier alpha value is -3.93. The van der Waals surface area contributed by atoms with Gasteiger partial charge in [0.15, 0.2) is 0 Å². The molecule has 6 heteroatoms. The molecule has 1 aromatic heterocycles. The first-order chi connectivity index (χ1) is 16.1. The molecule has 0 spiro atoms. The maximum Gasteiger partial charge on any atom is 0.278 e. The monoisotopic (exact) mass is 438 g/mol. The van der Waals surface area contributed by atoms with Crippen LogP contribution in [-0.2, 0) is 16.1 Å². The number of rotatable bonds is 5. The Labute approximate surface area is 193 Å². The number of amides is 2. The van der Waals surface area contributed by atoms with Crippen LogP contribution >= 0.6 is 0 Å². The molecule has 0 N–H and O–H groups in total. The Morgan fingerprint density at radius 2 is 1.48 bits per heavy atom. The molecular formula is C27H26N4O2. The first-order valence-electron chi connectivity index (χ1n) is 11.2. The summed E-state index contributed by atoms with van der Waals surface area (Å²) in [4.78, 5) is 37.0. The van der Waals surface area contributed by atoms with E-state index in [1.165, 1.54) is 10.6 Å². The molecule has 3 aromatic rings. The third-order valence-electron chi connectivity index (χ3n) is 6.26. The molecule has 2 amide bonds. The highest BCUT2D eigenvalue weighted by molar-refractivity contribution is 6.35. The van der Waals surface area contributed by atoms with E-state index in [9.17, 15) is 9.59 Å². The van der Waals surface area contributed by atoms with Crippen LogP contribution in [0.2, 0.25) is 0 Å². The second-order valence-corrected chi connectivity index (χ2v) is 8.46. The number of aryl methyl sites for hydroxylation is 1. The normalized spacial score (nSPS) is 16.7. The number of anilines is 1. The van der Waals surface area contributed by atoms with Crippen LogP contribution in [0.5, 0.6) is 0 Å². The summed E-state index contributed by atoms with van der Waals surface area (Å²) in [6.07, 6.45) is 3.38. The summed E-state index contributed by atoms with van der Waals surface area (Å²) < 4.78 is 0. The van der Waals surface area contributed by atoms with Crippen molar-refractivity contribution in [2.45, 2.75) is 13.5 Å². The fraction of sp³-hybridized carbons (Fsp3) is 0.222. The van der Waals surface area contributed by atoms with Gasteiger partial charge in [-0.05, 0) is 36.2 Å². The number of imide groups is 1. The Morgan fingerprint density at radius 3 is 2.15 bits per heavy atom. The van der Waals surface area contributed by atoms with Crippen LogP contribution in [0.15, 0.2) is 84.8 Å². The van der Waals surface area contributed by atoms with E-state index in [4.69, 9.17) is 0 Å². The van der Waals surface area contributed by atoms with Gasteiger partial charge in [0.2, 0.25) is 0 Å². The average molecular weight is 439 g/mol.